The maximum Gasteiger partial charge on any atom is 0.310 e. The average Bonchev–Trinajstić information content (AvgIpc) is 3.24. The molecule has 42 heavy (non-hydrogen) atoms. The van der Waals surface area contributed by atoms with E-state index in [1.807, 2.05) is 12.1 Å². The lowest BCUT2D eigenvalue weighted by Crippen LogP contribution is -2.52. The van der Waals surface area contributed by atoms with Crippen LogP contribution >= 0.6 is 0 Å². The summed E-state index contributed by atoms with van der Waals surface area (Å²) in [5, 5.41) is 19.4. The monoisotopic (exact) mass is 571 g/mol. The number of fused-ring (bicyclic) bond motifs is 1. The van der Waals surface area contributed by atoms with E-state index in [2.05, 4.69) is 25.7 Å². The molecular weight excluding hydrogens is 542 g/mol. The summed E-state index contributed by atoms with van der Waals surface area (Å²) in [7, 11) is 0. The molecule has 0 saturated carbocycles. The van der Waals surface area contributed by atoms with Gasteiger partial charge in [-0.05, 0) is 35.6 Å². The molecule has 1 aromatic heterocycles. The van der Waals surface area contributed by atoms with E-state index < -0.39 is 48.6 Å². The number of aromatic nitrogens is 1. The predicted molar refractivity (Wildman–Crippen MR) is 150 cm³/mol. The number of cyclic esters (lactones) is 1. The fourth-order valence-corrected chi connectivity index (χ4v) is 4.88. The van der Waals surface area contributed by atoms with Crippen molar-refractivity contribution in [1.82, 2.24) is 25.8 Å². The Labute approximate surface area is 240 Å². The first-order valence-electron chi connectivity index (χ1n) is 13.4. The maximum absolute atomic E-state index is 13.6. The van der Waals surface area contributed by atoms with Gasteiger partial charge in [0, 0.05) is 30.2 Å². The Balaban J connectivity index is 1.33. The molecule has 2 aliphatic rings. The molecule has 0 radical (unpaired) electrons. The van der Waals surface area contributed by atoms with Crippen LogP contribution in [0.15, 0.2) is 78.5 Å². The van der Waals surface area contributed by atoms with Crippen molar-refractivity contribution in [3.63, 3.8) is 0 Å². The topological polar surface area (TPSA) is 167 Å². The summed E-state index contributed by atoms with van der Waals surface area (Å²) >= 11 is 0. The van der Waals surface area contributed by atoms with Gasteiger partial charge in [0.05, 0.1) is 13.0 Å². The van der Waals surface area contributed by atoms with Crippen LogP contribution in [-0.2, 0) is 19.1 Å². The Hall–Kier alpha value is -5.10. The molecule has 3 aromatic rings. The molecule has 3 atom stereocenters. The van der Waals surface area contributed by atoms with Crippen molar-refractivity contribution < 1.29 is 33.8 Å². The number of aliphatic hydroxyl groups is 1. The molecule has 3 heterocycles. The lowest BCUT2D eigenvalue weighted by atomic mass is 10.1. The number of ether oxygens (including phenoxy) is 1. The van der Waals surface area contributed by atoms with Crippen LogP contribution < -0.4 is 16.0 Å². The number of nitrogens with one attached hydrogen (secondary N) is 3. The summed E-state index contributed by atoms with van der Waals surface area (Å²) in [6, 6.07) is 15.7. The van der Waals surface area contributed by atoms with Crippen LogP contribution in [0.2, 0.25) is 0 Å². The van der Waals surface area contributed by atoms with Crippen molar-refractivity contribution in [3.05, 3.63) is 89.8 Å². The Kier molecular flexibility index (Phi) is 8.53. The van der Waals surface area contributed by atoms with Crippen molar-refractivity contribution >= 4 is 40.4 Å². The standard InChI is InChI=1S/C30H29N5O7/c36-24(33-23-14-25(37)42-30(23)41)17-35-16-18(15-32-27(38)20-7-2-1-3-8-20)10-11-22(29(35)40)34-28(39)26-21-9-5-4-6-19(21)12-13-31-26/h1-10,12-13,22-23,30,41H,11,14-17H2,(H,32,38)(H,33,36)(H,34,39)/t22-,23?,30?/m0/s1. The Bertz CT molecular complexity index is 1550. The maximum atomic E-state index is 13.6. The Morgan fingerprint density at radius 2 is 1.74 bits per heavy atom. The zero-order valence-electron chi connectivity index (χ0n) is 22.5. The van der Waals surface area contributed by atoms with E-state index >= 15 is 0 Å². The van der Waals surface area contributed by atoms with Gasteiger partial charge in [-0.25, -0.2) is 0 Å². The fourth-order valence-electron chi connectivity index (χ4n) is 4.88. The third-order valence-electron chi connectivity index (χ3n) is 7.02. The van der Waals surface area contributed by atoms with Gasteiger partial charge in [-0.1, -0.05) is 48.5 Å². The number of nitrogens with zero attached hydrogens (tertiary/aromatic N) is 2. The van der Waals surface area contributed by atoms with Gasteiger partial charge in [-0.3, -0.25) is 29.0 Å². The lowest BCUT2D eigenvalue weighted by molar-refractivity contribution is -0.155. The highest BCUT2D eigenvalue weighted by atomic mass is 16.6. The van der Waals surface area contributed by atoms with Crippen LogP contribution in [-0.4, -0.2) is 82.6 Å². The summed E-state index contributed by atoms with van der Waals surface area (Å²) in [6.45, 7) is -0.309. The quantitative estimate of drug-likeness (QED) is 0.226. The van der Waals surface area contributed by atoms with Crippen LogP contribution in [0.4, 0.5) is 0 Å². The fraction of sp³-hybridized carbons (Fsp3) is 0.267. The van der Waals surface area contributed by atoms with Gasteiger partial charge >= 0.3 is 5.97 Å². The van der Waals surface area contributed by atoms with Crippen LogP contribution in [0.3, 0.4) is 0 Å². The van der Waals surface area contributed by atoms with Gasteiger partial charge in [-0.15, -0.1) is 0 Å². The van der Waals surface area contributed by atoms with Gasteiger partial charge in [0.25, 0.3) is 11.8 Å². The van der Waals surface area contributed by atoms with Gasteiger partial charge < -0.3 is 30.7 Å². The number of aliphatic hydroxyl groups excluding tert-OH is 1. The van der Waals surface area contributed by atoms with Crippen molar-refractivity contribution in [3.8, 4) is 0 Å². The van der Waals surface area contributed by atoms with E-state index in [4.69, 9.17) is 0 Å². The van der Waals surface area contributed by atoms with E-state index in [0.717, 1.165) is 5.39 Å². The number of pyridine rings is 1. The SMILES string of the molecule is O=C(CN1CC(CNC(=O)c2ccccc2)=CC[C@H](NC(=O)c2nccc3ccccc23)C1=O)NC1CC(=O)OC1O. The number of benzene rings is 2. The number of rotatable bonds is 8. The van der Waals surface area contributed by atoms with Gasteiger partial charge in [0.1, 0.15) is 17.8 Å². The first-order chi connectivity index (χ1) is 20.3. The van der Waals surface area contributed by atoms with Gasteiger partial charge in [0.2, 0.25) is 18.1 Å². The van der Waals surface area contributed by atoms with Gasteiger partial charge in [0.15, 0.2) is 0 Å². The van der Waals surface area contributed by atoms with E-state index in [1.165, 1.54) is 11.1 Å². The van der Waals surface area contributed by atoms with Crippen LogP contribution in [0.1, 0.15) is 33.7 Å². The van der Waals surface area contributed by atoms with Crippen molar-refractivity contribution in [2.45, 2.75) is 31.2 Å². The molecule has 1 saturated heterocycles. The molecule has 0 aliphatic carbocycles. The van der Waals surface area contributed by atoms with Gasteiger partial charge in [-0.2, -0.15) is 0 Å². The third-order valence-corrected chi connectivity index (χ3v) is 7.02. The third kappa shape index (κ3) is 6.61. The predicted octanol–water partition coefficient (Wildman–Crippen LogP) is 0.672. The second kappa shape index (κ2) is 12.6. The number of amides is 4. The molecule has 2 aromatic carbocycles. The minimum Gasteiger partial charge on any atom is -0.434 e. The highest BCUT2D eigenvalue weighted by Gasteiger charge is 2.36. The van der Waals surface area contributed by atoms with Crippen molar-refractivity contribution in [2.75, 3.05) is 19.6 Å². The molecule has 2 unspecified atom stereocenters. The van der Waals surface area contributed by atoms with E-state index in [0.29, 0.717) is 16.5 Å². The number of carbonyl (C=O) groups is 5. The summed E-state index contributed by atoms with van der Waals surface area (Å²) < 4.78 is 4.67. The molecule has 12 heteroatoms. The van der Waals surface area contributed by atoms with Crippen molar-refractivity contribution in [1.29, 1.82) is 0 Å². The highest BCUT2D eigenvalue weighted by Crippen LogP contribution is 2.18. The van der Waals surface area contributed by atoms with E-state index in [1.54, 1.807) is 54.6 Å². The number of esters is 1. The molecule has 2 aliphatic heterocycles. The number of carbonyl (C=O) groups excluding carboxylic acids is 5. The second-order valence-electron chi connectivity index (χ2n) is 10.0. The normalized spacial score (nSPS) is 20.4. The van der Waals surface area contributed by atoms with E-state index in [9.17, 15) is 29.1 Å². The summed E-state index contributed by atoms with van der Waals surface area (Å²) in [4.78, 5) is 69.3. The molecule has 216 valence electrons. The number of hydrogen-bond acceptors (Lipinski definition) is 8. The molecule has 0 bridgehead atoms. The Morgan fingerprint density at radius 1 is 0.976 bits per heavy atom. The zero-order chi connectivity index (χ0) is 29.6. The summed E-state index contributed by atoms with van der Waals surface area (Å²) in [5.41, 5.74) is 1.28. The smallest absolute Gasteiger partial charge is 0.310 e. The molecule has 4 amide bonds. The minimum absolute atomic E-state index is 0.00284. The van der Waals surface area contributed by atoms with Crippen LogP contribution in [0.5, 0.6) is 0 Å². The zero-order valence-corrected chi connectivity index (χ0v) is 22.5. The molecular formula is C30H29N5O7. The molecule has 12 nitrogen and oxygen atoms in total. The van der Waals surface area contributed by atoms with Crippen molar-refractivity contribution in [2.24, 2.45) is 0 Å². The molecule has 1 fully saturated rings. The first kappa shape index (κ1) is 28.4. The first-order valence-corrected chi connectivity index (χ1v) is 13.4. The molecule has 4 N–H and O–H groups in total. The largest absolute Gasteiger partial charge is 0.434 e. The molecule has 5 rings (SSSR count). The second-order valence-corrected chi connectivity index (χ2v) is 10.0. The highest BCUT2D eigenvalue weighted by molar-refractivity contribution is 6.06. The minimum atomic E-state index is -1.48. The summed E-state index contributed by atoms with van der Waals surface area (Å²) in [5.74, 6) is -2.64. The van der Waals surface area contributed by atoms with Crippen LogP contribution in [0.25, 0.3) is 10.8 Å². The lowest BCUT2D eigenvalue weighted by Gasteiger charge is -2.26. The Morgan fingerprint density at radius 3 is 2.50 bits per heavy atom. The van der Waals surface area contributed by atoms with Crippen LogP contribution in [0, 0.1) is 0 Å². The number of hydrogen-bond donors (Lipinski definition) is 4. The average molecular weight is 572 g/mol. The molecule has 0 spiro atoms. The van der Waals surface area contributed by atoms with E-state index in [-0.39, 0.29) is 37.5 Å². The summed E-state index contributed by atoms with van der Waals surface area (Å²) in [6.07, 6.45) is 1.71.